The van der Waals surface area contributed by atoms with Crippen molar-refractivity contribution in [2.45, 2.75) is 19.4 Å². The van der Waals surface area contributed by atoms with Gasteiger partial charge in [0.25, 0.3) is 0 Å². The van der Waals surface area contributed by atoms with Crippen LogP contribution in [0.4, 0.5) is 0 Å². The van der Waals surface area contributed by atoms with Crippen molar-refractivity contribution >= 4 is 11.9 Å². The standard InChI is InChI=1S/C10H16N2O3/c1-8(13)11-9-3-5-12(7-9)6-4-10(14)15-2/h4,6,9H,3,5,7H2,1-2H3,(H,11,13)/b6-4+. The maximum Gasteiger partial charge on any atom is 0.331 e. The fourth-order valence-corrected chi connectivity index (χ4v) is 1.56. The van der Waals surface area contributed by atoms with Crippen LogP contribution >= 0.6 is 0 Å². The van der Waals surface area contributed by atoms with Gasteiger partial charge in [0.15, 0.2) is 0 Å². The molecule has 84 valence electrons. The minimum atomic E-state index is -0.363. The second-order valence-electron chi connectivity index (χ2n) is 3.52. The summed E-state index contributed by atoms with van der Waals surface area (Å²) in [6.07, 6.45) is 3.99. The number of ether oxygens (including phenoxy) is 1. The molecule has 0 saturated carbocycles. The molecule has 15 heavy (non-hydrogen) atoms. The Kier molecular flexibility index (Phi) is 4.15. The summed E-state index contributed by atoms with van der Waals surface area (Å²) in [6, 6.07) is 0.185. The number of likely N-dealkylation sites (tertiary alicyclic amines) is 1. The fraction of sp³-hybridized carbons (Fsp3) is 0.600. The number of nitrogens with one attached hydrogen (secondary N) is 1. The van der Waals surface area contributed by atoms with E-state index >= 15 is 0 Å². The lowest BCUT2D eigenvalue weighted by atomic mass is 10.3. The van der Waals surface area contributed by atoms with E-state index in [1.807, 2.05) is 4.90 Å². The molecule has 0 aromatic rings. The monoisotopic (exact) mass is 212 g/mol. The Morgan fingerprint density at radius 1 is 1.53 bits per heavy atom. The lowest BCUT2D eigenvalue weighted by Crippen LogP contribution is -2.34. The number of methoxy groups -OCH3 is 1. The molecule has 0 aliphatic carbocycles. The van der Waals surface area contributed by atoms with Crippen molar-refractivity contribution < 1.29 is 14.3 Å². The van der Waals surface area contributed by atoms with E-state index < -0.39 is 0 Å². The smallest absolute Gasteiger partial charge is 0.331 e. The van der Waals surface area contributed by atoms with E-state index in [1.165, 1.54) is 20.1 Å². The molecule has 1 heterocycles. The van der Waals surface area contributed by atoms with E-state index in [0.717, 1.165) is 19.5 Å². The van der Waals surface area contributed by atoms with Gasteiger partial charge < -0.3 is 15.0 Å². The number of carbonyl (C=O) groups excluding carboxylic acids is 2. The summed E-state index contributed by atoms with van der Waals surface area (Å²) in [6.45, 7) is 3.10. The molecule has 1 N–H and O–H groups in total. The number of hydrogen-bond acceptors (Lipinski definition) is 4. The molecule has 1 fully saturated rings. The molecule has 0 aromatic heterocycles. The molecule has 1 amide bonds. The van der Waals surface area contributed by atoms with E-state index in [0.29, 0.717) is 0 Å². The molecule has 5 heteroatoms. The lowest BCUT2D eigenvalue weighted by molar-refractivity contribution is -0.134. The molecule has 1 atom stereocenters. The van der Waals surface area contributed by atoms with Crippen molar-refractivity contribution in [2.24, 2.45) is 0 Å². The van der Waals surface area contributed by atoms with Gasteiger partial charge in [0.2, 0.25) is 5.91 Å². The van der Waals surface area contributed by atoms with E-state index in [4.69, 9.17) is 0 Å². The molecule has 1 unspecified atom stereocenters. The second kappa shape index (κ2) is 5.38. The number of amides is 1. The minimum Gasteiger partial charge on any atom is -0.466 e. The van der Waals surface area contributed by atoms with Gasteiger partial charge in [-0.15, -0.1) is 0 Å². The quantitative estimate of drug-likeness (QED) is 0.523. The molecule has 0 radical (unpaired) electrons. The highest BCUT2D eigenvalue weighted by Crippen LogP contribution is 2.09. The van der Waals surface area contributed by atoms with Gasteiger partial charge in [-0.1, -0.05) is 0 Å². The van der Waals surface area contributed by atoms with Crippen LogP contribution in [-0.4, -0.2) is 43.0 Å². The predicted molar refractivity (Wildman–Crippen MR) is 55.0 cm³/mol. The van der Waals surface area contributed by atoms with Gasteiger partial charge in [-0.2, -0.15) is 0 Å². The topological polar surface area (TPSA) is 58.6 Å². The maximum atomic E-state index is 10.8. The summed E-state index contributed by atoms with van der Waals surface area (Å²) < 4.78 is 4.48. The second-order valence-corrected chi connectivity index (χ2v) is 3.52. The molecular weight excluding hydrogens is 196 g/mol. The van der Waals surface area contributed by atoms with Gasteiger partial charge in [0.05, 0.1) is 7.11 Å². The van der Waals surface area contributed by atoms with Gasteiger partial charge in [-0.05, 0) is 6.42 Å². The molecule has 0 aromatic carbocycles. The Morgan fingerprint density at radius 3 is 2.87 bits per heavy atom. The van der Waals surface area contributed by atoms with E-state index in [2.05, 4.69) is 10.1 Å². The third-order valence-electron chi connectivity index (χ3n) is 2.25. The zero-order valence-electron chi connectivity index (χ0n) is 9.03. The highest BCUT2D eigenvalue weighted by atomic mass is 16.5. The number of rotatable bonds is 3. The number of nitrogens with zero attached hydrogens (tertiary/aromatic N) is 1. The van der Waals surface area contributed by atoms with Crippen molar-refractivity contribution in [2.75, 3.05) is 20.2 Å². The number of esters is 1. The summed E-state index contributed by atoms with van der Waals surface area (Å²) in [7, 11) is 1.34. The summed E-state index contributed by atoms with van der Waals surface area (Å²) in [5, 5.41) is 2.84. The molecule has 0 bridgehead atoms. The van der Waals surface area contributed by atoms with Crippen LogP contribution in [0.3, 0.4) is 0 Å². The van der Waals surface area contributed by atoms with Crippen LogP contribution in [0.2, 0.25) is 0 Å². The van der Waals surface area contributed by atoms with Crippen molar-refractivity contribution in [3.05, 3.63) is 12.3 Å². The normalized spacial score (nSPS) is 20.7. The molecule has 0 spiro atoms. The average molecular weight is 212 g/mol. The van der Waals surface area contributed by atoms with Crippen LogP contribution in [0.25, 0.3) is 0 Å². The largest absolute Gasteiger partial charge is 0.466 e. The van der Waals surface area contributed by atoms with E-state index in [9.17, 15) is 9.59 Å². The highest BCUT2D eigenvalue weighted by molar-refractivity contribution is 5.81. The Hall–Kier alpha value is -1.52. The summed E-state index contributed by atoms with van der Waals surface area (Å²) >= 11 is 0. The van der Waals surface area contributed by atoms with E-state index in [1.54, 1.807) is 6.20 Å². The van der Waals surface area contributed by atoms with Crippen molar-refractivity contribution in [3.63, 3.8) is 0 Å². The molecule has 5 nitrogen and oxygen atoms in total. The van der Waals surface area contributed by atoms with Gasteiger partial charge in [-0.25, -0.2) is 4.79 Å². The van der Waals surface area contributed by atoms with Crippen molar-refractivity contribution in [3.8, 4) is 0 Å². The van der Waals surface area contributed by atoms with Crippen molar-refractivity contribution in [1.82, 2.24) is 10.2 Å². The SMILES string of the molecule is COC(=O)/C=C/N1CCC(NC(C)=O)C1. The van der Waals surface area contributed by atoms with Gasteiger partial charge in [0.1, 0.15) is 0 Å². The van der Waals surface area contributed by atoms with Crippen molar-refractivity contribution in [1.29, 1.82) is 0 Å². The maximum absolute atomic E-state index is 10.8. The average Bonchev–Trinajstić information content (AvgIpc) is 2.61. The van der Waals surface area contributed by atoms with Crippen LogP contribution in [0.15, 0.2) is 12.3 Å². The first-order chi connectivity index (χ1) is 7.11. The summed E-state index contributed by atoms with van der Waals surface area (Å²) in [4.78, 5) is 23.6. The summed E-state index contributed by atoms with van der Waals surface area (Å²) in [5.41, 5.74) is 0. The lowest BCUT2D eigenvalue weighted by Gasteiger charge is -2.13. The number of hydrogen-bond donors (Lipinski definition) is 1. The molecule has 1 aliphatic rings. The van der Waals surface area contributed by atoms with Gasteiger partial charge in [-0.3, -0.25) is 4.79 Å². The first kappa shape index (κ1) is 11.6. The molecule has 1 saturated heterocycles. The third-order valence-corrected chi connectivity index (χ3v) is 2.25. The van der Waals surface area contributed by atoms with Gasteiger partial charge in [0, 0.05) is 38.3 Å². The highest BCUT2D eigenvalue weighted by Gasteiger charge is 2.20. The first-order valence-corrected chi connectivity index (χ1v) is 4.89. The zero-order chi connectivity index (χ0) is 11.3. The number of carbonyl (C=O) groups is 2. The van der Waals surface area contributed by atoms with Gasteiger partial charge >= 0.3 is 5.97 Å². The minimum absolute atomic E-state index is 0.0150. The molecule has 1 aliphatic heterocycles. The Morgan fingerprint density at radius 2 is 2.27 bits per heavy atom. The zero-order valence-corrected chi connectivity index (χ0v) is 9.03. The third kappa shape index (κ3) is 4.01. The Labute approximate surface area is 89.1 Å². The van der Waals surface area contributed by atoms with Crippen LogP contribution in [-0.2, 0) is 14.3 Å². The van der Waals surface area contributed by atoms with Crippen LogP contribution in [0, 0.1) is 0 Å². The Bertz CT molecular complexity index is 276. The fourth-order valence-electron chi connectivity index (χ4n) is 1.56. The Balaban J connectivity index is 2.33. The molecular formula is C10H16N2O3. The predicted octanol–water partition coefficient (Wildman–Crippen LogP) is -0.116. The van der Waals surface area contributed by atoms with Crippen LogP contribution in [0.5, 0.6) is 0 Å². The first-order valence-electron chi connectivity index (χ1n) is 4.89. The van der Waals surface area contributed by atoms with Crippen LogP contribution < -0.4 is 5.32 Å². The van der Waals surface area contributed by atoms with E-state index in [-0.39, 0.29) is 17.9 Å². The van der Waals surface area contributed by atoms with Crippen LogP contribution in [0.1, 0.15) is 13.3 Å². The molecule has 1 rings (SSSR count). The summed E-state index contributed by atoms with van der Waals surface area (Å²) in [5.74, 6) is -0.378.